The zero-order chi connectivity index (χ0) is 19.2. The number of ether oxygens (including phenoxy) is 1. The van der Waals surface area contributed by atoms with Crippen LogP contribution in [-0.4, -0.2) is 69.6 Å². The maximum Gasteiger partial charge on any atom is 0.276 e. The van der Waals surface area contributed by atoms with Gasteiger partial charge in [0.25, 0.3) is 17.4 Å². The molecule has 2 amide bonds. The molecular formula is C18H20N4O5. The lowest BCUT2D eigenvalue weighted by Gasteiger charge is -2.53. The largest absolute Gasteiger partial charge is 0.448 e. The van der Waals surface area contributed by atoms with Crippen LogP contribution in [0.1, 0.15) is 26.6 Å². The van der Waals surface area contributed by atoms with E-state index in [4.69, 9.17) is 9.15 Å². The Hall–Kier alpha value is -2.94. The highest BCUT2D eigenvalue weighted by molar-refractivity contribution is 5.95. The zero-order valence-corrected chi connectivity index (χ0v) is 15.2. The van der Waals surface area contributed by atoms with Gasteiger partial charge in [0.15, 0.2) is 12.1 Å². The van der Waals surface area contributed by atoms with Gasteiger partial charge in [-0.2, -0.15) is 0 Å². The average Bonchev–Trinajstić information content (AvgIpc) is 3.07. The van der Waals surface area contributed by atoms with Crippen LogP contribution < -0.4 is 5.56 Å². The van der Waals surface area contributed by atoms with Gasteiger partial charge in [-0.15, -0.1) is 0 Å². The standard InChI is InChI=1S/C18H20N4O5/c1-12-15(19-11-26-12)17(25)22-9-18(10-22)8-21(5-6-27-18)16(24)13-3-4-20(2)14(23)7-13/h3-4,7,11H,5-6,8-10H2,1-2H3. The van der Waals surface area contributed by atoms with Crippen LogP contribution in [0.25, 0.3) is 0 Å². The van der Waals surface area contributed by atoms with Crippen molar-refractivity contribution in [3.63, 3.8) is 0 Å². The summed E-state index contributed by atoms with van der Waals surface area (Å²) < 4.78 is 12.4. The Bertz CT molecular complexity index is 957. The molecule has 2 aliphatic rings. The number of carbonyl (C=O) groups is 2. The number of pyridine rings is 1. The normalized spacial score (nSPS) is 18.4. The van der Waals surface area contributed by atoms with Crippen LogP contribution in [-0.2, 0) is 11.8 Å². The minimum absolute atomic E-state index is 0.201. The first-order chi connectivity index (χ1) is 12.9. The molecule has 0 N–H and O–H groups in total. The first-order valence-electron chi connectivity index (χ1n) is 8.68. The third-order valence-corrected chi connectivity index (χ3v) is 5.08. The Morgan fingerprint density at radius 3 is 2.59 bits per heavy atom. The minimum Gasteiger partial charge on any atom is -0.448 e. The maximum atomic E-state index is 12.8. The lowest BCUT2D eigenvalue weighted by molar-refractivity contribution is -0.164. The predicted molar refractivity (Wildman–Crippen MR) is 93.4 cm³/mol. The van der Waals surface area contributed by atoms with Gasteiger partial charge in [-0.1, -0.05) is 0 Å². The number of oxazole rings is 1. The van der Waals surface area contributed by atoms with Crippen LogP contribution in [0.2, 0.25) is 0 Å². The lowest BCUT2D eigenvalue weighted by Crippen LogP contribution is -2.71. The summed E-state index contributed by atoms with van der Waals surface area (Å²) in [7, 11) is 1.64. The molecule has 142 valence electrons. The van der Waals surface area contributed by atoms with Crippen molar-refractivity contribution in [1.29, 1.82) is 0 Å². The molecule has 0 radical (unpaired) electrons. The van der Waals surface area contributed by atoms with Gasteiger partial charge in [0.1, 0.15) is 11.4 Å². The first kappa shape index (κ1) is 17.5. The highest BCUT2D eigenvalue weighted by atomic mass is 16.5. The summed E-state index contributed by atoms with van der Waals surface area (Å²) in [6.07, 6.45) is 2.83. The van der Waals surface area contributed by atoms with E-state index >= 15 is 0 Å². The summed E-state index contributed by atoms with van der Waals surface area (Å²) in [5, 5.41) is 0. The van der Waals surface area contributed by atoms with Crippen LogP contribution in [0.15, 0.2) is 33.9 Å². The Labute approximate surface area is 155 Å². The molecule has 0 bridgehead atoms. The molecule has 2 aromatic rings. The molecule has 0 atom stereocenters. The van der Waals surface area contributed by atoms with Crippen LogP contribution >= 0.6 is 0 Å². The fraction of sp³-hybridized carbons (Fsp3) is 0.444. The van der Waals surface area contributed by atoms with Crippen molar-refractivity contribution in [2.24, 2.45) is 7.05 Å². The second-order valence-corrected chi connectivity index (χ2v) is 7.04. The lowest BCUT2D eigenvalue weighted by atomic mass is 9.91. The number of carbonyl (C=O) groups excluding carboxylic acids is 2. The van der Waals surface area contributed by atoms with E-state index in [0.717, 1.165) is 0 Å². The van der Waals surface area contributed by atoms with Gasteiger partial charge >= 0.3 is 0 Å². The van der Waals surface area contributed by atoms with Crippen molar-refractivity contribution in [3.05, 3.63) is 52.1 Å². The van der Waals surface area contributed by atoms with E-state index in [1.165, 1.54) is 17.0 Å². The second kappa shape index (κ2) is 6.34. The summed E-state index contributed by atoms with van der Waals surface area (Å²) in [6.45, 7) is 3.69. The molecule has 9 nitrogen and oxygen atoms in total. The number of hydrogen-bond donors (Lipinski definition) is 0. The quantitative estimate of drug-likeness (QED) is 0.739. The molecule has 2 aromatic heterocycles. The molecule has 0 unspecified atom stereocenters. The SMILES string of the molecule is Cc1ocnc1C(=O)N1CC2(CN(C(=O)c3ccn(C)c(=O)c3)CCO2)C1. The van der Waals surface area contributed by atoms with Crippen LogP contribution in [0.3, 0.4) is 0 Å². The third-order valence-electron chi connectivity index (χ3n) is 5.08. The Morgan fingerprint density at radius 1 is 1.19 bits per heavy atom. The fourth-order valence-electron chi connectivity index (χ4n) is 3.53. The molecule has 0 saturated carbocycles. The van der Waals surface area contributed by atoms with Crippen LogP contribution in [0.5, 0.6) is 0 Å². The monoisotopic (exact) mass is 372 g/mol. The van der Waals surface area contributed by atoms with Crippen molar-refractivity contribution in [2.75, 3.05) is 32.8 Å². The second-order valence-electron chi connectivity index (χ2n) is 7.04. The fourth-order valence-corrected chi connectivity index (χ4v) is 3.53. The van der Waals surface area contributed by atoms with E-state index < -0.39 is 5.60 Å². The van der Waals surface area contributed by atoms with E-state index in [1.54, 1.807) is 36.0 Å². The molecule has 4 heterocycles. The summed E-state index contributed by atoms with van der Waals surface area (Å²) in [4.78, 5) is 44.3. The number of aryl methyl sites for hydroxylation is 2. The number of amides is 2. The van der Waals surface area contributed by atoms with E-state index in [0.29, 0.717) is 49.8 Å². The van der Waals surface area contributed by atoms with Crippen LogP contribution in [0, 0.1) is 6.92 Å². The third kappa shape index (κ3) is 3.03. The Morgan fingerprint density at radius 2 is 1.93 bits per heavy atom. The van der Waals surface area contributed by atoms with Gasteiger partial charge in [0, 0.05) is 31.4 Å². The Balaban J connectivity index is 1.44. The van der Waals surface area contributed by atoms with E-state index in [9.17, 15) is 14.4 Å². The van der Waals surface area contributed by atoms with Gasteiger partial charge in [0.2, 0.25) is 0 Å². The number of nitrogens with zero attached hydrogens (tertiary/aromatic N) is 4. The van der Waals surface area contributed by atoms with E-state index in [2.05, 4.69) is 4.98 Å². The average molecular weight is 372 g/mol. The van der Waals surface area contributed by atoms with Crippen molar-refractivity contribution >= 4 is 11.8 Å². The molecule has 2 saturated heterocycles. The molecule has 2 aliphatic heterocycles. The van der Waals surface area contributed by atoms with Crippen molar-refractivity contribution in [3.8, 4) is 0 Å². The van der Waals surface area contributed by atoms with Gasteiger partial charge in [-0.25, -0.2) is 4.98 Å². The molecule has 0 aromatic carbocycles. The summed E-state index contributed by atoms with van der Waals surface area (Å²) in [6, 6.07) is 2.98. The number of likely N-dealkylation sites (tertiary alicyclic amines) is 1. The first-order valence-corrected chi connectivity index (χ1v) is 8.68. The molecule has 0 aliphatic carbocycles. The molecule has 9 heteroatoms. The Kier molecular flexibility index (Phi) is 4.11. The number of rotatable bonds is 2. The van der Waals surface area contributed by atoms with Gasteiger partial charge in [0.05, 0.1) is 26.2 Å². The zero-order valence-electron chi connectivity index (χ0n) is 15.2. The molecule has 2 fully saturated rings. The van der Waals surface area contributed by atoms with Gasteiger partial charge in [-0.05, 0) is 13.0 Å². The molecule has 27 heavy (non-hydrogen) atoms. The van der Waals surface area contributed by atoms with Crippen molar-refractivity contribution < 1.29 is 18.7 Å². The molecular weight excluding hydrogens is 352 g/mol. The maximum absolute atomic E-state index is 12.8. The summed E-state index contributed by atoms with van der Waals surface area (Å²) in [5.41, 5.74) is -0.136. The summed E-state index contributed by atoms with van der Waals surface area (Å²) in [5.74, 6) is 0.0750. The minimum atomic E-state index is -0.568. The molecule has 4 rings (SSSR count). The van der Waals surface area contributed by atoms with Crippen molar-refractivity contribution in [2.45, 2.75) is 12.5 Å². The topological polar surface area (TPSA) is 97.9 Å². The number of aromatic nitrogens is 2. The van der Waals surface area contributed by atoms with Crippen LogP contribution in [0.4, 0.5) is 0 Å². The smallest absolute Gasteiger partial charge is 0.276 e. The van der Waals surface area contributed by atoms with E-state index in [1.807, 2.05) is 0 Å². The highest BCUT2D eigenvalue weighted by Gasteiger charge is 2.50. The predicted octanol–water partition coefficient (Wildman–Crippen LogP) is 0.0489. The highest BCUT2D eigenvalue weighted by Crippen LogP contribution is 2.31. The number of hydrogen-bond acceptors (Lipinski definition) is 6. The van der Waals surface area contributed by atoms with E-state index in [-0.39, 0.29) is 17.4 Å². The molecule has 1 spiro atoms. The van der Waals surface area contributed by atoms with Crippen molar-refractivity contribution in [1.82, 2.24) is 19.4 Å². The van der Waals surface area contributed by atoms with Gasteiger partial charge in [-0.3, -0.25) is 14.4 Å². The summed E-state index contributed by atoms with van der Waals surface area (Å²) >= 11 is 0. The van der Waals surface area contributed by atoms with Gasteiger partial charge < -0.3 is 23.5 Å². The number of morpholine rings is 1.